The SMILES string of the molecule is COC(=O)C(C)CN(CCCO)C(=O)c1ccccc1. The van der Waals surface area contributed by atoms with Crippen LogP contribution in [0.4, 0.5) is 0 Å². The largest absolute Gasteiger partial charge is 0.469 e. The molecule has 5 heteroatoms. The smallest absolute Gasteiger partial charge is 0.310 e. The molecule has 0 bridgehead atoms. The van der Waals surface area contributed by atoms with Crippen LogP contribution >= 0.6 is 0 Å². The molecule has 0 saturated heterocycles. The van der Waals surface area contributed by atoms with Crippen molar-refractivity contribution in [3.8, 4) is 0 Å². The van der Waals surface area contributed by atoms with Crippen molar-refractivity contribution in [2.75, 3.05) is 26.8 Å². The molecule has 5 nitrogen and oxygen atoms in total. The Morgan fingerprint density at radius 2 is 1.95 bits per heavy atom. The van der Waals surface area contributed by atoms with Gasteiger partial charge < -0.3 is 14.7 Å². The molecule has 0 saturated carbocycles. The molecule has 1 unspecified atom stereocenters. The van der Waals surface area contributed by atoms with Crippen molar-refractivity contribution < 1.29 is 19.4 Å². The van der Waals surface area contributed by atoms with E-state index in [-0.39, 0.29) is 25.0 Å². The third kappa shape index (κ3) is 4.66. The van der Waals surface area contributed by atoms with E-state index in [0.29, 0.717) is 18.5 Å². The van der Waals surface area contributed by atoms with E-state index in [1.54, 1.807) is 36.1 Å². The monoisotopic (exact) mass is 279 g/mol. The number of methoxy groups -OCH3 is 1. The molecule has 1 aromatic rings. The van der Waals surface area contributed by atoms with Gasteiger partial charge in [-0.05, 0) is 18.6 Å². The summed E-state index contributed by atoms with van der Waals surface area (Å²) in [6, 6.07) is 8.89. The van der Waals surface area contributed by atoms with Gasteiger partial charge in [-0.2, -0.15) is 0 Å². The number of benzene rings is 1. The number of hydrogen-bond donors (Lipinski definition) is 1. The Hall–Kier alpha value is -1.88. The Kier molecular flexibility index (Phi) is 6.73. The molecule has 1 aromatic carbocycles. The maximum Gasteiger partial charge on any atom is 0.310 e. The first-order valence-corrected chi connectivity index (χ1v) is 6.63. The second-order valence-electron chi connectivity index (χ2n) is 4.62. The van der Waals surface area contributed by atoms with Gasteiger partial charge in [-0.15, -0.1) is 0 Å². The van der Waals surface area contributed by atoms with Crippen LogP contribution in [0.3, 0.4) is 0 Å². The van der Waals surface area contributed by atoms with E-state index in [9.17, 15) is 9.59 Å². The van der Waals surface area contributed by atoms with Crippen LogP contribution in [0, 0.1) is 5.92 Å². The molecule has 0 radical (unpaired) electrons. The number of rotatable bonds is 7. The Morgan fingerprint density at radius 1 is 1.30 bits per heavy atom. The predicted molar refractivity (Wildman–Crippen MR) is 75.2 cm³/mol. The van der Waals surface area contributed by atoms with E-state index in [1.807, 2.05) is 6.07 Å². The van der Waals surface area contributed by atoms with Gasteiger partial charge in [-0.25, -0.2) is 0 Å². The normalized spacial score (nSPS) is 11.8. The lowest BCUT2D eigenvalue weighted by atomic mass is 10.1. The highest BCUT2D eigenvalue weighted by Gasteiger charge is 2.22. The summed E-state index contributed by atoms with van der Waals surface area (Å²) in [5.41, 5.74) is 0.572. The van der Waals surface area contributed by atoms with Crippen molar-refractivity contribution in [1.82, 2.24) is 4.90 Å². The summed E-state index contributed by atoms with van der Waals surface area (Å²) in [5.74, 6) is -0.888. The molecule has 1 amide bonds. The summed E-state index contributed by atoms with van der Waals surface area (Å²) < 4.78 is 4.68. The van der Waals surface area contributed by atoms with Gasteiger partial charge in [0.25, 0.3) is 5.91 Å². The molecule has 0 fully saturated rings. The molecule has 0 aliphatic heterocycles. The second-order valence-corrected chi connectivity index (χ2v) is 4.62. The third-order valence-electron chi connectivity index (χ3n) is 2.99. The fourth-order valence-electron chi connectivity index (χ4n) is 1.91. The third-order valence-corrected chi connectivity index (χ3v) is 2.99. The lowest BCUT2D eigenvalue weighted by molar-refractivity contribution is -0.145. The van der Waals surface area contributed by atoms with Crippen molar-refractivity contribution in [3.05, 3.63) is 35.9 Å². The first-order valence-electron chi connectivity index (χ1n) is 6.63. The average Bonchev–Trinajstić information content (AvgIpc) is 2.50. The maximum absolute atomic E-state index is 12.4. The summed E-state index contributed by atoms with van der Waals surface area (Å²) >= 11 is 0. The number of carbonyl (C=O) groups is 2. The van der Waals surface area contributed by atoms with Gasteiger partial charge in [0.1, 0.15) is 0 Å². The number of amides is 1. The zero-order valence-corrected chi connectivity index (χ0v) is 11.9. The minimum atomic E-state index is -0.397. The highest BCUT2D eigenvalue weighted by molar-refractivity contribution is 5.94. The lowest BCUT2D eigenvalue weighted by Crippen LogP contribution is -2.38. The molecule has 1 atom stereocenters. The highest BCUT2D eigenvalue weighted by Crippen LogP contribution is 2.09. The molecule has 110 valence electrons. The van der Waals surface area contributed by atoms with Crippen LogP contribution in [0.1, 0.15) is 23.7 Å². The van der Waals surface area contributed by atoms with Gasteiger partial charge in [-0.1, -0.05) is 25.1 Å². The van der Waals surface area contributed by atoms with Crippen molar-refractivity contribution in [1.29, 1.82) is 0 Å². The molecular weight excluding hydrogens is 258 g/mol. The van der Waals surface area contributed by atoms with E-state index in [1.165, 1.54) is 7.11 Å². The van der Waals surface area contributed by atoms with Crippen molar-refractivity contribution in [3.63, 3.8) is 0 Å². The Balaban J connectivity index is 2.78. The minimum absolute atomic E-state index is 0.00513. The molecule has 0 aliphatic carbocycles. The maximum atomic E-state index is 12.4. The van der Waals surface area contributed by atoms with Crippen LogP contribution < -0.4 is 0 Å². The van der Waals surface area contributed by atoms with E-state index >= 15 is 0 Å². The van der Waals surface area contributed by atoms with Crippen molar-refractivity contribution in [2.45, 2.75) is 13.3 Å². The number of aliphatic hydroxyl groups is 1. The molecule has 20 heavy (non-hydrogen) atoms. The van der Waals surface area contributed by atoms with Crippen molar-refractivity contribution in [2.24, 2.45) is 5.92 Å². The zero-order chi connectivity index (χ0) is 15.0. The number of ether oxygens (including phenoxy) is 1. The molecule has 0 spiro atoms. The predicted octanol–water partition coefficient (Wildman–Crippen LogP) is 1.32. The molecule has 0 aliphatic rings. The highest BCUT2D eigenvalue weighted by atomic mass is 16.5. The summed E-state index contributed by atoms with van der Waals surface area (Å²) in [6.45, 7) is 2.41. The summed E-state index contributed by atoms with van der Waals surface area (Å²) in [6.07, 6.45) is 0.479. The molecule has 0 aromatic heterocycles. The van der Waals surface area contributed by atoms with Gasteiger partial charge in [0.15, 0.2) is 0 Å². The number of hydrogen-bond acceptors (Lipinski definition) is 4. The van der Waals surface area contributed by atoms with Crippen LogP contribution in [-0.2, 0) is 9.53 Å². The van der Waals surface area contributed by atoms with E-state index in [0.717, 1.165) is 0 Å². The van der Waals surface area contributed by atoms with Crippen molar-refractivity contribution >= 4 is 11.9 Å². The number of esters is 1. The van der Waals surface area contributed by atoms with Crippen LogP contribution in [0.2, 0.25) is 0 Å². The fraction of sp³-hybridized carbons (Fsp3) is 0.467. The number of aliphatic hydroxyl groups excluding tert-OH is 1. The first-order chi connectivity index (χ1) is 9.60. The van der Waals surface area contributed by atoms with Crippen LogP contribution in [0.15, 0.2) is 30.3 Å². The quantitative estimate of drug-likeness (QED) is 0.764. The fourth-order valence-corrected chi connectivity index (χ4v) is 1.91. The Labute approximate surface area is 119 Å². The van der Waals surface area contributed by atoms with Gasteiger partial charge in [0.2, 0.25) is 0 Å². The Bertz CT molecular complexity index is 433. The lowest BCUT2D eigenvalue weighted by Gasteiger charge is -2.25. The van der Waals surface area contributed by atoms with E-state index in [2.05, 4.69) is 4.74 Å². The van der Waals surface area contributed by atoms with E-state index in [4.69, 9.17) is 5.11 Å². The summed E-state index contributed by atoms with van der Waals surface area (Å²) in [5, 5.41) is 8.93. The molecule has 1 rings (SSSR count). The van der Waals surface area contributed by atoms with Crippen LogP contribution in [-0.4, -0.2) is 48.7 Å². The van der Waals surface area contributed by atoms with Gasteiger partial charge in [0, 0.05) is 25.3 Å². The average molecular weight is 279 g/mol. The molecule has 1 N–H and O–H groups in total. The van der Waals surface area contributed by atoms with Crippen LogP contribution in [0.25, 0.3) is 0 Å². The van der Waals surface area contributed by atoms with Gasteiger partial charge >= 0.3 is 5.97 Å². The number of nitrogens with zero attached hydrogens (tertiary/aromatic N) is 1. The first kappa shape index (κ1) is 16.2. The Morgan fingerprint density at radius 3 is 2.50 bits per heavy atom. The molecule has 0 heterocycles. The standard InChI is InChI=1S/C15H21NO4/c1-12(15(19)20-2)11-16(9-6-10-17)14(18)13-7-4-3-5-8-13/h3-5,7-8,12,17H,6,9-11H2,1-2H3. The van der Waals surface area contributed by atoms with Gasteiger partial charge in [0.05, 0.1) is 13.0 Å². The minimum Gasteiger partial charge on any atom is -0.469 e. The topological polar surface area (TPSA) is 66.8 Å². The molecular formula is C15H21NO4. The summed E-state index contributed by atoms with van der Waals surface area (Å²) in [7, 11) is 1.33. The van der Waals surface area contributed by atoms with Crippen LogP contribution in [0.5, 0.6) is 0 Å². The van der Waals surface area contributed by atoms with E-state index < -0.39 is 5.92 Å². The number of carbonyl (C=O) groups excluding carboxylic acids is 2. The van der Waals surface area contributed by atoms with Gasteiger partial charge in [-0.3, -0.25) is 9.59 Å². The zero-order valence-electron chi connectivity index (χ0n) is 11.9. The summed E-state index contributed by atoms with van der Waals surface area (Å²) in [4.78, 5) is 25.4. The second kappa shape index (κ2) is 8.32.